The molecule has 88 valence electrons. The summed E-state index contributed by atoms with van der Waals surface area (Å²) >= 11 is 0. The van der Waals surface area contributed by atoms with E-state index in [0.717, 1.165) is 37.6 Å². The van der Waals surface area contributed by atoms with Gasteiger partial charge in [0.25, 0.3) is 0 Å². The number of aromatic nitrogens is 2. The summed E-state index contributed by atoms with van der Waals surface area (Å²) in [6, 6.07) is 0. The van der Waals surface area contributed by atoms with Gasteiger partial charge < -0.3 is 16.1 Å². The van der Waals surface area contributed by atoms with Gasteiger partial charge in [-0.15, -0.1) is 0 Å². The minimum atomic E-state index is 0.308. The third-order valence-corrected chi connectivity index (χ3v) is 2.76. The van der Waals surface area contributed by atoms with Crippen molar-refractivity contribution in [3.05, 3.63) is 11.8 Å². The van der Waals surface area contributed by atoms with Gasteiger partial charge in [0, 0.05) is 37.9 Å². The zero-order chi connectivity index (χ0) is 11.5. The zero-order valence-electron chi connectivity index (χ0n) is 9.77. The first-order valence-electron chi connectivity index (χ1n) is 5.44. The van der Waals surface area contributed by atoms with E-state index in [9.17, 15) is 0 Å². The number of hydrazine groups is 1. The highest BCUT2D eigenvalue weighted by molar-refractivity contribution is 5.44. The van der Waals surface area contributed by atoms with E-state index in [1.807, 2.05) is 6.92 Å². The molecule has 0 atom stereocenters. The fourth-order valence-electron chi connectivity index (χ4n) is 1.64. The third-order valence-electron chi connectivity index (χ3n) is 2.76. The van der Waals surface area contributed by atoms with E-state index in [2.05, 4.69) is 32.4 Å². The molecular weight excluding hydrogens is 204 g/mol. The summed E-state index contributed by atoms with van der Waals surface area (Å²) in [5.41, 5.74) is 9.86. The van der Waals surface area contributed by atoms with E-state index in [4.69, 9.17) is 5.73 Å². The number of aryl methyl sites for hydroxylation is 1. The molecule has 1 aliphatic rings. The molecule has 1 aromatic rings. The number of rotatable bonds is 2. The van der Waals surface area contributed by atoms with Crippen molar-refractivity contribution in [1.29, 1.82) is 0 Å². The molecule has 1 aromatic heterocycles. The third kappa shape index (κ3) is 2.59. The molecule has 1 fully saturated rings. The van der Waals surface area contributed by atoms with Crippen molar-refractivity contribution in [2.24, 2.45) is 0 Å². The molecule has 0 unspecified atom stereocenters. The zero-order valence-corrected chi connectivity index (χ0v) is 9.77. The Hall–Kier alpha value is -1.40. The number of nitrogens with two attached hydrogens (primary N) is 1. The van der Waals surface area contributed by atoms with Gasteiger partial charge in [0.1, 0.15) is 5.82 Å². The Morgan fingerprint density at radius 2 is 2.00 bits per heavy atom. The predicted octanol–water partition coefficient (Wildman–Crippen LogP) is -0.0585. The number of nitrogens with one attached hydrogen (secondary N) is 1. The van der Waals surface area contributed by atoms with Crippen LogP contribution in [0.2, 0.25) is 0 Å². The first-order chi connectivity index (χ1) is 7.65. The van der Waals surface area contributed by atoms with Crippen molar-refractivity contribution in [2.75, 3.05) is 44.4 Å². The lowest BCUT2D eigenvalue weighted by molar-refractivity contribution is 0.178. The average Bonchev–Trinajstić information content (AvgIpc) is 2.27. The Morgan fingerprint density at radius 1 is 1.31 bits per heavy atom. The molecule has 16 heavy (non-hydrogen) atoms. The van der Waals surface area contributed by atoms with Gasteiger partial charge in [-0.1, -0.05) is 0 Å². The number of piperazine rings is 1. The maximum absolute atomic E-state index is 5.57. The molecule has 0 spiro atoms. The first-order valence-corrected chi connectivity index (χ1v) is 5.44. The molecule has 2 heterocycles. The monoisotopic (exact) mass is 222 g/mol. The summed E-state index contributed by atoms with van der Waals surface area (Å²) in [5.74, 6) is 1.11. The van der Waals surface area contributed by atoms with Gasteiger partial charge in [-0.05, 0) is 14.0 Å². The van der Waals surface area contributed by atoms with Crippen LogP contribution in [-0.4, -0.2) is 53.1 Å². The topological polar surface area (TPSA) is 70.3 Å². The van der Waals surface area contributed by atoms with Crippen LogP contribution in [0.5, 0.6) is 0 Å². The van der Waals surface area contributed by atoms with E-state index >= 15 is 0 Å². The molecule has 1 saturated heterocycles. The van der Waals surface area contributed by atoms with Crippen LogP contribution in [0.25, 0.3) is 0 Å². The number of nitrogens with zero attached hydrogens (tertiary/aromatic N) is 4. The molecular formula is C10H18N6. The van der Waals surface area contributed by atoms with Crippen molar-refractivity contribution >= 4 is 11.8 Å². The first kappa shape index (κ1) is 11.1. The molecule has 2 rings (SSSR count). The molecule has 3 N–H and O–H groups in total. The van der Waals surface area contributed by atoms with Crippen molar-refractivity contribution < 1.29 is 0 Å². The van der Waals surface area contributed by atoms with Crippen LogP contribution in [0, 0.1) is 6.92 Å². The van der Waals surface area contributed by atoms with Gasteiger partial charge in [-0.3, -0.25) is 0 Å². The Labute approximate surface area is 95.4 Å². The van der Waals surface area contributed by atoms with Crippen molar-refractivity contribution in [1.82, 2.24) is 19.9 Å². The van der Waals surface area contributed by atoms with Gasteiger partial charge in [-0.2, -0.15) is 4.98 Å². The van der Waals surface area contributed by atoms with Crippen LogP contribution in [0.4, 0.5) is 11.8 Å². The maximum Gasteiger partial charge on any atom is 0.221 e. The standard InChI is InChI=1S/C10H18N6/c1-8-7-12-10(11)13-9(8)14-16-5-3-15(2)4-6-16/h7H,3-6H2,1-2H3,(H3,11,12,13,14). The van der Waals surface area contributed by atoms with Crippen LogP contribution in [-0.2, 0) is 0 Å². The van der Waals surface area contributed by atoms with Crippen molar-refractivity contribution in [3.63, 3.8) is 0 Å². The average molecular weight is 222 g/mol. The fraction of sp³-hybridized carbons (Fsp3) is 0.600. The summed E-state index contributed by atoms with van der Waals surface area (Å²) < 4.78 is 0. The highest BCUT2D eigenvalue weighted by Crippen LogP contribution is 2.12. The Balaban J connectivity index is 2.00. The summed E-state index contributed by atoms with van der Waals surface area (Å²) in [6.07, 6.45) is 1.74. The predicted molar refractivity (Wildman–Crippen MR) is 63.9 cm³/mol. The number of hydrogen-bond acceptors (Lipinski definition) is 6. The molecule has 0 aliphatic carbocycles. The summed E-state index contributed by atoms with van der Waals surface area (Å²) in [5, 5.41) is 2.16. The second kappa shape index (κ2) is 4.63. The van der Waals surface area contributed by atoms with Crippen LogP contribution in [0.15, 0.2) is 6.20 Å². The normalized spacial score (nSPS) is 18.6. The number of hydrogen-bond donors (Lipinski definition) is 2. The molecule has 6 nitrogen and oxygen atoms in total. The second-order valence-corrected chi connectivity index (χ2v) is 4.16. The number of likely N-dealkylation sites (N-methyl/N-ethyl adjacent to an activating group) is 1. The van der Waals surface area contributed by atoms with Gasteiger partial charge in [0.15, 0.2) is 0 Å². The summed E-state index contributed by atoms with van der Waals surface area (Å²) in [7, 11) is 2.13. The van der Waals surface area contributed by atoms with E-state index in [1.54, 1.807) is 6.20 Å². The van der Waals surface area contributed by atoms with Gasteiger partial charge in [0.05, 0.1) is 0 Å². The van der Waals surface area contributed by atoms with Crippen molar-refractivity contribution in [3.8, 4) is 0 Å². The van der Waals surface area contributed by atoms with Crippen LogP contribution in [0.3, 0.4) is 0 Å². The Bertz CT molecular complexity index is 358. The van der Waals surface area contributed by atoms with E-state index in [1.165, 1.54) is 0 Å². The molecule has 1 aliphatic heterocycles. The lowest BCUT2D eigenvalue weighted by Crippen LogP contribution is -2.47. The molecule has 6 heteroatoms. The van der Waals surface area contributed by atoms with Crippen molar-refractivity contribution in [2.45, 2.75) is 6.92 Å². The quantitative estimate of drug-likeness (QED) is 0.730. The molecule has 0 radical (unpaired) electrons. The second-order valence-electron chi connectivity index (χ2n) is 4.16. The summed E-state index contributed by atoms with van der Waals surface area (Å²) in [4.78, 5) is 10.4. The van der Waals surface area contributed by atoms with Gasteiger partial charge in [0.2, 0.25) is 5.95 Å². The SMILES string of the molecule is Cc1cnc(N)nc1NN1CCN(C)CC1. The molecule has 0 bridgehead atoms. The Kier molecular flexibility index (Phi) is 3.21. The van der Waals surface area contributed by atoms with E-state index in [0.29, 0.717) is 5.95 Å². The smallest absolute Gasteiger partial charge is 0.221 e. The maximum atomic E-state index is 5.57. The molecule has 0 aromatic carbocycles. The van der Waals surface area contributed by atoms with Gasteiger partial charge >= 0.3 is 0 Å². The van der Waals surface area contributed by atoms with Crippen LogP contribution in [0.1, 0.15) is 5.56 Å². The van der Waals surface area contributed by atoms with Crippen LogP contribution < -0.4 is 11.2 Å². The molecule has 0 amide bonds. The van der Waals surface area contributed by atoms with E-state index in [-0.39, 0.29) is 0 Å². The fourth-order valence-corrected chi connectivity index (χ4v) is 1.64. The highest BCUT2D eigenvalue weighted by Gasteiger charge is 2.14. The number of nitrogen functional groups attached to an aromatic ring is 1. The minimum absolute atomic E-state index is 0.308. The van der Waals surface area contributed by atoms with E-state index < -0.39 is 0 Å². The summed E-state index contributed by atoms with van der Waals surface area (Å²) in [6.45, 7) is 6.07. The minimum Gasteiger partial charge on any atom is -0.368 e. The number of anilines is 2. The Morgan fingerprint density at radius 3 is 2.69 bits per heavy atom. The highest BCUT2D eigenvalue weighted by atomic mass is 15.5. The lowest BCUT2D eigenvalue weighted by atomic mass is 10.3. The lowest BCUT2D eigenvalue weighted by Gasteiger charge is -2.32. The molecule has 0 saturated carbocycles. The van der Waals surface area contributed by atoms with Gasteiger partial charge in [-0.25, -0.2) is 9.99 Å². The largest absolute Gasteiger partial charge is 0.368 e. The van der Waals surface area contributed by atoms with Crippen LogP contribution >= 0.6 is 0 Å².